The summed E-state index contributed by atoms with van der Waals surface area (Å²) in [6.45, 7) is 3.56. The second-order valence-electron chi connectivity index (χ2n) is 4.63. The molecule has 0 aromatic carbocycles. The van der Waals surface area contributed by atoms with Gasteiger partial charge in [0, 0.05) is 11.8 Å². The molecule has 0 bridgehead atoms. The normalized spacial score (nSPS) is 11.9. The third kappa shape index (κ3) is 4.55. The van der Waals surface area contributed by atoms with Crippen LogP contribution in [0.2, 0.25) is 5.02 Å². The minimum atomic E-state index is -2.20. The van der Waals surface area contributed by atoms with Crippen molar-refractivity contribution < 1.29 is 22.9 Å². The molecule has 148 valence electrons. The fourth-order valence-electron chi connectivity index (χ4n) is 1.90. The molecule has 27 heavy (non-hydrogen) atoms. The molecule has 0 aliphatic rings. The Morgan fingerprint density at radius 2 is 2.19 bits per heavy atom. The van der Waals surface area contributed by atoms with Gasteiger partial charge in [-0.3, -0.25) is 0 Å². The molecule has 0 fully saturated rings. The maximum atomic E-state index is 12.4. The summed E-state index contributed by atoms with van der Waals surface area (Å²) in [5.74, 6) is -0.343. The van der Waals surface area contributed by atoms with E-state index in [1.165, 1.54) is 12.5 Å². The second kappa shape index (κ2) is 9.41. The van der Waals surface area contributed by atoms with Gasteiger partial charge in [-0.15, -0.1) is 25.8 Å². The van der Waals surface area contributed by atoms with E-state index < -0.39 is 22.7 Å². The van der Waals surface area contributed by atoms with E-state index >= 15 is 0 Å². The van der Waals surface area contributed by atoms with Crippen LogP contribution in [0.1, 0.15) is 29.3 Å². The van der Waals surface area contributed by atoms with E-state index in [-0.39, 0.29) is 26.5 Å². The molecule has 2 aromatic rings. The van der Waals surface area contributed by atoms with Gasteiger partial charge in [0.15, 0.2) is 5.82 Å². The van der Waals surface area contributed by atoms with Crippen molar-refractivity contribution in [1.29, 1.82) is 0 Å². The number of aryl methyl sites for hydroxylation is 1. The minimum absolute atomic E-state index is 0.0435. The Balaban J connectivity index is 2.16. The zero-order valence-electron chi connectivity index (χ0n) is 14.4. The third-order valence-corrected chi connectivity index (χ3v) is 5.91. The van der Waals surface area contributed by atoms with Crippen molar-refractivity contribution in [3.8, 4) is 0 Å². The lowest BCUT2D eigenvalue weighted by atomic mass is 10.5. The van der Waals surface area contributed by atoms with Gasteiger partial charge in [-0.25, -0.2) is 19.3 Å². The van der Waals surface area contributed by atoms with Crippen molar-refractivity contribution in [2.24, 2.45) is 0 Å². The molecule has 2 rings (SSSR count). The molecule has 0 aliphatic carbocycles. The lowest BCUT2D eigenvalue weighted by molar-refractivity contribution is 0.0528. The number of ether oxygens (including phenoxy) is 1. The standard InChI is InChI=1S/C13H15ClN4O6S3/c1-4-8-15-17(13(20)18(8)22-3)12(25)16-24-27(21)10-7(14)6-26-9(10)11(19)23-5-2/h6H,4-5H2,1-3H3,(H,16,25). The number of nitrogens with zero attached hydrogens (tertiary/aromatic N) is 3. The SMILES string of the molecule is CCOC(=O)c1scc(Cl)c1S(=O)ONC(=S)n1nc(CC)n(OC)c1=O. The summed E-state index contributed by atoms with van der Waals surface area (Å²) in [6.07, 6.45) is 0.416. The van der Waals surface area contributed by atoms with E-state index in [0.29, 0.717) is 12.2 Å². The fourth-order valence-corrected chi connectivity index (χ4v) is 4.41. The van der Waals surface area contributed by atoms with Crippen LogP contribution >= 0.6 is 35.2 Å². The van der Waals surface area contributed by atoms with E-state index in [0.717, 1.165) is 20.7 Å². The van der Waals surface area contributed by atoms with Gasteiger partial charge < -0.3 is 9.57 Å². The van der Waals surface area contributed by atoms with Gasteiger partial charge in [0.05, 0.1) is 11.6 Å². The smallest absolute Gasteiger partial charge is 0.386 e. The largest absolute Gasteiger partial charge is 0.462 e. The molecule has 10 nitrogen and oxygen atoms in total. The number of halogens is 1. The Hall–Kier alpha value is -1.80. The number of nitrogens with one attached hydrogen (secondary N) is 1. The van der Waals surface area contributed by atoms with Gasteiger partial charge in [-0.05, 0) is 19.1 Å². The maximum Gasteiger partial charge on any atom is 0.386 e. The number of thiocarbonyl (C=S) groups is 1. The van der Waals surface area contributed by atoms with Crippen molar-refractivity contribution in [2.45, 2.75) is 25.2 Å². The summed E-state index contributed by atoms with van der Waals surface area (Å²) >= 11 is 9.77. The van der Waals surface area contributed by atoms with Crippen LogP contribution < -0.4 is 16.0 Å². The molecule has 0 aliphatic heterocycles. The van der Waals surface area contributed by atoms with E-state index in [2.05, 4.69) is 10.6 Å². The highest BCUT2D eigenvalue weighted by molar-refractivity contribution is 7.81. The van der Waals surface area contributed by atoms with E-state index in [4.69, 9.17) is 37.7 Å². The van der Waals surface area contributed by atoms with E-state index in [1.807, 2.05) is 0 Å². The third-order valence-electron chi connectivity index (χ3n) is 3.03. The first-order chi connectivity index (χ1) is 12.8. The topological polar surface area (TPSA) is 114 Å². The van der Waals surface area contributed by atoms with Crippen molar-refractivity contribution >= 4 is 57.3 Å². The summed E-state index contributed by atoms with van der Waals surface area (Å²) in [6, 6.07) is 0. The van der Waals surface area contributed by atoms with Gasteiger partial charge in [0.25, 0.3) is 0 Å². The molecule has 0 saturated heterocycles. The summed E-state index contributed by atoms with van der Waals surface area (Å²) in [4.78, 5) is 29.0. The highest BCUT2D eigenvalue weighted by Gasteiger charge is 2.25. The summed E-state index contributed by atoms with van der Waals surface area (Å²) < 4.78 is 24.0. The van der Waals surface area contributed by atoms with Crippen molar-refractivity contribution in [3.63, 3.8) is 0 Å². The molecular weight excluding hydrogens is 440 g/mol. The van der Waals surface area contributed by atoms with Crippen molar-refractivity contribution in [2.75, 3.05) is 13.7 Å². The predicted molar refractivity (Wildman–Crippen MR) is 102 cm³/mol. The highest BCUT2D eigenvalue weighted by atomic mass is 35.5. The molecule has 0 spiro atoms. The zero-order valence-corrected chi connectivity index (χ0v) is 17.6. The van der Waals surface area contributed by atoms with Crippen LogP contribution in [0.5, 0.6) is 0 Å². The number of carbonyl (C=O) groups excluding carboxylic acids is 1. The van der Waals surface area contributed by atoms with E-state index in [9.17, 15) is 13.8 Å². The summed E-state index contributed by atoms with van der Waals surface area (Å²) in [5.41, 5.74) is 1.53. The predicted octanol–water partition coefficient (Wildman–Crippen LogP) is 0.934. The Labute approximate surface area is 170 Å². The van der Waals surface area contributed by atoms with Crippen LogP contribution in [-0.4, -0.2) is 43.5 Å². The number of hydroxylamine groups is 1. The number of esters is 1. The Morgan fingerprint density at radius 3 is 2.74 bits per heavy atom. The average Bonchev–Trinajstić information content (AvgIpc) is 3.19. The lowest BCUT2D eigenvalue weighted by Gasteiger charge is -2.07. The average molecular weight is 455 g/mol. The number of aromatic nitrogens is 3. The molecular formula is C13H15ClN4O6S3. The van der Waals surface area contributed by atoms with Gasteiger partial charge in [-0.1, -0.05) is 18.5 Å². The first-order valence-corrected chi connectivity index (χ1v) is 10.2. The molecule has 0 radical (unpaired) electrons. The lowest BCUT2D eigenvalue weighted by Crippen LogP contribution is -2.38. The molecule has 1 atom stereocenters. The van der Waals surface area contributed by atoms with Gasteiger partial charge in [0.2, 0.25) is 16.2 Å². The number of rotatable bonds is 7. The zero-order chi connectivity index (χ0) is 20.1. The number of hydrogen-bond donors (Lipinski definition) is 1. The molecule has 0 amide bonds. The van der Waals surface area contributed by atoms with Crippen LogP contribution in [-0.2, 0) is 26.5 Å². The highest BCUT2D eigenvalue weighted by Crippen LogP contribution is 2.31. The van der Waals surface area contributed by atoms with E-state index in [1.54, 1.807) is 13.8 Å². The van der Waals surface area contributed by atoms with Gasteiger partial charge in [-0.2, -0.15) is 4.28 Å². The van der Waals surface area contributed by atoms with Crippen LogP contribution in [0.3, 0.4) is 0 Å². The molecule has 1 unspecified atom stereocenters. The fraction of sp³-hybridized carbons (Fsp3) is 0.385. The van der Waals surface area contributed by atoms with Gasteiger partial charge >= 0.3 is 11.7 Å². The molecule has 0 saturated carbocycles. The number of carbonyl (C=O) groups is 1. The number of hydrogen-bond acceptors (Lipinski definition) is 9. The molecule has 14 heteroatoms. The molecule has 1 N–H and O–H groups in total. The first-order valence-electron chi connectivity index (χ1n) is 7.44. The van der Waals surface area contributed by atoms with Crippen LogP contribution in [0.15, 0.2) is 15.1 Å². The first kappa shape index (κ1) is 21.5. The Bertz CT molecular complexity index is 937. The molecule has 2 aromatic heterocycles. The maximum absolute atomic E-state index is 12.4. The summed E-state index contributed by atoms with van der Waals surface area (Å²) in [7, 11) is 1.31. The Morgan fingerprint density at radius 1 is 1.48 bits per heavy atom. The van der Waals surface area contributed by atoms with Crippen molar-refractivity contribution in [3.05, 3.63) is 31.6 Å². The number of thiophene rings is 1. The van der Waals surface area contributed by atoms with Crippen LogP contribution in [0, 0.1) is 0 Å². The minimum Gasteiger partial charge on any atom is -0.462 e. The summed E-state index contributed by atoms with van der Waals surface area (Å²) in [5, 5.41) is 5.22. The van der Waals surface area contributed by atoms with Crippen molar-refractivity contribution in [1.82, 2.24) is 20.0 Å². The van der Waals surface area contributed by atoms with Crippen LogP contribution in [0.4, 0.5) is 0 Å². The monoisotopic (exact) mass is 454 g/mol. The molecule has 2 heterocycles. The van der Waals surface area contributed by atoms with Crippen LogP contribution in [0.25, 0.3) is 0 Å². The van der Waals surface area contributed by atoms with Gasteiger partial charge in [0.1, 0.15) is 16.9 Å². The second-order valence-corrected chi connectivity index (χ2v) is 7.35. The Kier molecular flexibility index (Phi) is 7.49. The quantitative estimate of drug-likeness (QED) is 0.370.